The molecule has 1 aliphatic rings. The molecule has 8 nitrogen and oxygen atoms in total. The number of aryl methyl sites for hydroxylation is 1. The van der Waals surface area contributed by atoms with E-state index in [0.717, 1.165) is 11.8 Å². The van der Waals surface area contributed by atoms with Gasteiger partial charge in [0, 0.05) is 31.1 Å². The van der Waals surface area contributed by atoms with E-state index in [9.17, 15) is 18.0 Å². The zero-order valence-corrected chi connectivity index (χ0v) is 20.3. The van der Waals surface area contributed by atoms with Crippen LogP contribution in [0.1, 0.15) is 28.8 Å². The summed E-state index contributed by atoms with van der Waals surface area (Å²) in [5, 5.41) is 3.23. The lowest BCUT2D eigenvalue weighted by molar-refractivity contribution is -0.116. The van der Waals surface area contributed by atoms with E-state index in [4.69, 9.17) is 16.3 Å². The van der Waals surface area contributed by atoms with E-state index in [1.165, 1.54) is 4.31 Å². The Kier molecular flexibility index (Phi) is 8.34. The Morgan fingerprint density at radius 1 is 1.15 bits per heavy atom. The lowest BCUT2D eigenvalue weighted by Crippen LogP contribution is -2.41. The number of halogens is 1. The number of ether oxygens (including phenoxy) is 1. The summed E-state index contributed by atoms with van der Waals surface area (Å²) in [6.45, 7) is 3.92. The summed E-state index contributed by atoms with van der Waals surface area (Å²) in [6.07, 6.45) is 1.51. The minimum Gasteiger partial charge on any atom is -0.378 e. The molecule has 0 saturated carbocycles. The molecular formula is C23H28ClN3O5S. The van der Waals surface area contributed by atoms with Crippen LogP contribution in [0.5, 0.6) is 0 Å². The molecule has 2 aromatic rings. The average molecular weight is 494 g/mol. The van der Waals surface area contributed by atoms with Crippen LogP contribution in [0.4, 0.5) is 11.4 Å². The molecule has 1 heterocycles. The van der Waals surface area contributed by atoms with Gasteiger partial charge in [-0.2, -0.15) is 0 Å². The van der Waals surface area contributed by atoms with Crippen molar-refractivity contribution in [1.29, 1.82) is 0 Å². The topological polar surface area (TPSA) is 96.0 Å². The first-order chi connectivity index (χ1) is 15.7. The molecule has 2 aromatic carbocycles. The van der Waals surface area contributed by atoms with Crippen molar-refractivity contribution in [3.8, 4) is 0 Å². The quantitative estimate of drug-likeness (QED) is 0.608. The van der Waals surface area contributed by atoms with Crippen molar-refractivity contribution >= 4 is 44.8 Å². The summed E-state index contributed by atoms with van der Waals surface area (Å²) in [5.74, 6) is -0.456. The smallest absolute Gasteiger partial charge is 0.256 e. The van der Waals surface area contributed by atoms with Gasteiger partial charge in [-0.1, -0.05) is 29.8 Å². The Morgan fingerprint density at radius 3 is 2.55 bits per heavy atom. The van der Waals surface area contributed by atoms with Crippen LogP contribution in [0.2, 0.25) is 5.02 Å². The third kappa shape index (κ3) is 6.69. The number of rotatable bonds is 8. The first-order valence-electron chi connectivity index (χ1n) is 10.7. The van der Waals surface area contributed by atoms with Crippen molar-refractivity contribution in [2.45, 2.75) is 19.8 Å². The summed E-state index contributed by atoms with van der Waals surface area (Å²) in [4.78, 5) is 27.2. The van der Waals surface area contributed by atoms with Gasteiger partial charge in [0.2, 0.25) is 15.9 Å². The molecule has 1 N–H and O–H groups in total. The molecule has 10 heteroatoms. The largest absolute Gasteiger partial charge is 0.378 e. The van der Waals surface area contributed by atoms with Crippen molar-refractivity contribution in [2.24, 2.45) is 0 Å². The minimum absolute atomic E-state index is 0.0890. The number of nitrogens with zero attached hydrogens (tertiary/aromatic N) is 2. The monoisotopic (exact) mass is 493 g/mol. The number of hydrogen-bond acceptors (Lipinski definition) is 5. The molecule has 0 bridgehead atoms. The molecule has 1 saturated heterocycles. The number of carbonyl (C=O) groups excluding carboxylic acids is 2. The van der Waals surface area contributed by atoms with Gasteiger partial charge < -0.3 is 15.0 Å². The van der Waals surface area contributed by atoms with Gasteiger partial charge in [0.15, 0.2) is 0 Å². The molecule has 1 fully saturated rings. The van der Waals surface area contributed by atoms with Gasteiger partial charge >= 0.3 is 0 Å². The first kappa shape index (κ1) is 25.0. The Balaban J connectivity index is 1.64. The van der Waals surface area contributed by atoms with Crippen LogP contribution in [-0.2, 0) is 19.6 Å². The van der Waals surface area contributed by atoms with E-state index in [1.807, 2.05) is 0 Å². The maximum Gasteiger partial charge on any atom is 0.256 e. The summed E-state index contributed by atoms with van der Waals surface area (Å²) < 4.78 is 31.3. The lowest BCUT2D eigenvalue weighted by Gasteiger charge is -2.27. The zero-order valence-electron chi connectivity index (χ0n) is 18.7. The minimum atomic E-state index is -3.56. The fraction of sp³-hybridized carbons (Fsp3) is 0.391. The van der Waals surface area contributed by atoms with Crippen LogP contribution in [0.3, 0.4) is 0 Å². The summed E-state index contributed by atoms with van der Waals surface area (Å²) in [5.41, 5.74) is 2.11. The normalized spacial score (nSPS) is 14.1. The predicted octanol–water partition coefficient (Wildman–Crippen LogP) is 3.31. The van der Waals surface area contributed by atoms with Crippen LogP contribution in [0.15, 0.2) is 42.5 Å². The van der Waals surface area contributed by atoms with Gasteiger partial charge in [-0.3, -0.25) is 13.9 Å². The third-order valence-electron chi connectivity index (χ3n) is 5.34. The Hall–Kier alpha value is -2.62. The Bertz CT molecular complexity index is 1120. The molecule has 3 rings (SSSR count). The van der Waals surface area contributed by atoms with Gasteiger partial charge in [0.25, 0.3) is 5.91 Å². The first-order valence-corrected chi connectivity index (χ1v) is 12.9. The standard InChI is InChI=1S/C23H28ClN3O5S/c1-17-9-10-18(24)16-21(17)27(33(2,30)31)11-5-8-22(28)25-20-7-4-3-6-19(20)23(29)26-12-14-32-15-13-26/h3-4,6-7,9-10,16H,5,8,11-15H2,1-2H3,(H,25,28). The SMILES string of the molecule is Cc1ccc(Cl)cc1N(CCCC(=O)Nc1ccccc1C(=O)N1CCOCC1)S(C)(=O)=O. The number of benzene rings is 2. The molecule has 0 aliphatic carbocycles. The molecule has 0 unspecified atom stereocenters. The van der Waals surface area contributed by atoms with Gasteiger partial charge in [-0.25, -0.2) is 8.42 Å². The van der Waals surface area contributed by atoms with Crippen molar-refractivity contribution in [3.63, 3.8) is 0 Å². The van der Waals surface area contributed by atoms with Gasteiger partial charge in [0.05, 0.1) is 36.4 Å². The highest BCUT2D eigenvalue weighted by molar-refractivity contribution is 7.92. The van der Waals surface area contributed by atoms with E-state index in [2.05, 4.69) is 5.32 Å². The summed E-state index contributed by atoms with van der Waals surface area (Å²) >= 11 is 6.06. The molecule has 0 radical (unpaired) electrons. The number of nitrogens with one attached hydrogen (secondary N) is 1. The van der Waals surface area contributed by atoms with Crippen molar-refractivity contribution in [3.05, 3.63) is 58.6 Å². The van der Waals surface area contributed by atoms with Crippen LogP contribution < -0.4 is 9.62 Å². The number of sulfonamides is 1. The number of anilines is 2. The lowest BCUT2D eigenvalue weighted by atomic mass is 10.1. The van der Waals surface area contributed by atoms with E-state index < -0.39 is 10.0 Å². The van der Waals surface area contributed by atoms with E-state index in [1.54, 1.807) is 54.3 Å². The second kappa shape index (κ2) is 11.0. The number of para-hydroxylation sites is 1. The van der Waals surface area contributed by atoms with E-state index in [0.29, 0.717) is 54.7 Å². The summed E-state index contributed by atoms with van der Waals surface area (Å²) in [7, 11) is -3.56. The third-order valence-corrected chi connectivity index (χ3v) is 6.75. The van der Waals surface area contributed by atoms with E-state index in [-0.39, 0.29) is 24.8 Å². The predicted molar refractivity (Wildman–Crippen MR) is 129 cm³/mol. The second-order valence-corrected chi connectivity index (χ2v) is 10.2. The molecule has 33 heavy (non-hydrogen) atoms. The average Bonchev–Trinajstić information content (AvgIpc) is 2.78. The van der Waals surface area contributed by atoms with Crippen molar-refractivity contribution in [1.82, 2.24) is 4.90 Å². The number of hydrogen-bond donors (Lipinski definition) is 1. The van der Waals surface area contributed by atoms with Crippen LogP contribution >= 0.6 is 11.6 Å². The maximum atomic E-state index is 12.9. The summed E-state index contributed by atoms with van der Waals surface area (Å²) in [6, 6.07) is 11.9. The van der Waals surface area contributed by atoms with Crippen molar-refractivity contribution < 1.29 is 22.7 Å². The highest BCUT2D eigenvalue weighted by Crippen LogP contribution is 2.27. The van der Waals surface area contributed by atoms with Crippen LogP contribution in [-0.4, -0.2) is 64.2 Å². The maximum absolute atomic E-state index is 12.9. The number of carbonyl (C=O) groups is 2. The molecule has 1 aliphatic heterocycles. The number of morpholine rings is 1. The molecule has 0 aromatic heterocycles. The molecule has 0 spiro atoms. The fourth-order valence-corrected chi connectivity index (χ4v) is 4.81. The Labute approximate surface area is 199 Å². The fourth-order valence-electron chi connectivity index (χ4n) is 3.63. The molecule has 0 atom stereocenters. The highest BCUT2D eigenvalue weighted by atomic mass is 35.5. The van der Waals surface area contributed by atoms with Gasteiger partial charge in [-0.05, 0) is 43.2 Å². The molecule has 2 amide bonds. The zero-order chi connectivity index (χ0) is 24.0. The van der Waals surface area contributed by atoms with Crippen LogP contribution in [0, 0.1) is 6.92 Å². The van der Waals surface area contributed by atoms with Gasteiger partial charge in [0.1, 0.15) is 0 Å². The van der Waals surface area contributed by atoms with Crippen LogP contribution in [0.25, 0.3) is 0 Å². The highest BCUT2D eigenvalue weighted by Gasteiger charge is 2.22. The Morgan fingerprint density at radius 2 is 1.85 bits per heavy atom. The second-order valence-electron chi connectivity index (χ2n) is 7.87. The van der Waals surface area contributed by atoms with Crippen molar-refractivity contribution in [2.75, 3.05) is 48.7 Å². The van der Waals surface area contributed by atoms with Gasteiger partial charge in [-0.15, -0.1) is 0 Å². The molecular weight excluding hydrogens is 466 g/mol. The molecule has 178 valence electrons. The number of amides is 2. The van der Waals surface area contributed by atoms with E-state index >= 15 is 0 Å².